The van der Waals surface area contributed by atoms with Gasteiger partial charge in [-0.1, -0.05) is 50.2 Å². The third-order valence-corrected chi connectivity index (χ3v) is 5.13. The Morgan fingerprint density at radius 3 is 2.83 bits per heavy atom. The molecule has 1 aromatic carbocycles. The highest BCUT2D eigenvalue weighted by Crippen LogP contribution is 2.37. The van der Waals surface area contributed by atoms with E-state index < -0.39 is 12.3 Å². The summed E-state index contributed by atoms with van der Waals surface area (Å²) < 4.78 is 14.6. The molecule has 0 N–H and O–H groups in total. The van der Waals surface area contributed by atoms with Crippen molar-refractivity contribution in [2.45, 2.75) is 45.9 Å². The van der Waals surface area contributed by atoms with Crippen molar-refractivity contribution in [3.8, 4) is 0 Å². The molecule has 3 nitrogen and oxygen atoms in total. The van der Waals surface area contributed by atoms with E-state index in [2.05, 4.69) is 24.0 Å². The van der Waals surface area contributed by atoms with Crippen LogP contribution in [0, 0.1) is 17.8 Å². The fourth-order valence-electron chi connectivity index (χ4n) is 3.58. The minimum Gasteiger partial charge on any atom is -0.389 e. The number of halogens is 1. The molecule has 1 aromatic heterocycles. The summed E-state index contributed by atoms with van der Waals surface area (Å²) in [4.78, 5) is 10.1. The molecule has 24 heavy (non-hydrogen) atoms. The molecule has 4 atom stereocenters. The Morgan fingerprint density at radius 1 is 1.25 bits per heavy atom. The van der Waals surface area contributed by atoms with Crippen LogP contribution in [0.4, 0.5) is 4.39 Å². The minimum absolute atomic E-state index is 0.0272. The van der Waals surface area contributed by atoms with Crippen molar-refractivity contribution in [1.29, 1.82) is 0 Å². The molecule has 4 heteroatoms. The Morgan fingerprint density at radius 2 is 2.04 bits per heavy atom. The highest BCUT2D eigenvalue weighted by Gasteiger charge is 2.41. The van der Waals surface area contributed by atoms with E-state index >= 15 is 0 Å². The van der Waals surface area contributed by atoms with Gasteiger partial charge in [0.15, 0.2) is 6.10 Å². The number of nitrogens with zero attached hydrogens (tertiary/aromatic N) is 2. The van der Waals surface area contributed by atoms with Crippen molar-refractivity contribution < 1.29 is 9.23 Å². The third-order valence-electron chi connectivity index (χ3n) is 5.13. The quantitative estimate of drug-likeness (QED) is 0.585. The van der Waals surface area contributed by atoms with E-state index in [-0.39, 0.29) is 11.8 Å². The monoisotopic (exact) mass is 328 g/mol. The standard InChI is InChI=1S/C20H25FN2O/c1-13(2)17-10-9-14(3)18(21)20(17)24-23-12-16-7-4-6-15-8-5-11-22-19(15)16/h4-8,11-14,17-18,20H,9-10H2,1-3H3/b23-12+/t14-,17+,18+,20-/m1/s1. The van der Waals surface area contributed by atoms with E-state index in [4.69, 9.17) is 4.84 Å². The molecule has 0 saturated heterocycles. The van der Waals surface area contributed by atoms with Crippen molar-refractivity contribution >= 4 is 17.1 Å². The molecule has 1 saturated carbocycles. The smallest absolute Gasteiger partial charge is 0.161 e. The number of fused-ring (bicyclic) bond motifs is 1. The average molecular weight is 328 g/mol. The fraction of sp³-hybridized carbons (Fsp3) is 0.500. The van der Waals surface area contributed by atoms with Gasteiger partial charge in [0.1, 0.15) is 6.17 Å². The molecular weight excluding hydrogens is 303 g/mol. The van der Waals surface area contributed by atoms with Gasteiger partial charge < -0.3 is 4.84 Å². The van der Waals surface area contributed by atoms with Gasteiger partial charge in [-0.15, -0.1) is 0 Å². The van der Waals surface area contributed by atoms with Crippen LogP contribution in [0.5, 0.6) is 0 Å². The topological polar surface area (TPSA) is 34.5 Å². The van der Waals surface area contributed by atoms with Crippen LogP contribution >= 0.6 is 0 Å². The van der Waals surface area contributed by atoms with E-state index in [0.29, 0.717) is 5.92 Å². The molecular formula is C20H25FN2O. The van der Waals surface area contributed by atoms with Crippen LogP contribution in [-0.4, -0.2) is 23.5 Å². The summed E-state index contributed by atoms with van der Waals surface area (Å²) in [6, 6.07) is 9.83. The summed E-state index contributed by atoms with van der Waals surface area (Å²) >= 11 is 0. The van der Waals surface area contributed by atoms with Gasteiger partial charge in [-0.25, -0.2) is 4.39 Å². The van der Waals surface area contributed by atoms with Gasteiger partial charge in [-0.05, 0) is 30.7 Å². The second kappa shape index (κ2) is 7.29. The lowest BCUT2D eigenvalue weighted by Gasteiger charge is -2.37. The lowest BCUT2D eigenvalue weighted by Crippen LogP contribution is -2.43. The molecule has 1 aliphatic rings. The highest BCUT2D eigenvalue weighted by molar-refractivity contribution is 5.97. The lowest BCUT2D eigenvalue weighted by atomic mass is 9.74. The summed E-state index contributed by atoms with van der Waals surface area (Å²) in [6.07, 6.45) is 3.90. The van der Waals surface area contributed by atoms with Gasteiger partial charge in [0.2, 0.25) is 0 Å². The van der Waals surface area contributed by atoms with E-state index in [0.717, 1.165) is 29.3 Å². The van der Waals surface area contributed by atoms with Crippen molar-refractivity contribution in [3.05, 3.63) is 42.1 Å². The van der Waals surface area contributed by atoms with Gasteiger partial charge in [-0.3, -0.25) is 4.98 Å². The van der Waals surface area contributed by atoms with Crippen molar-refractivity contribution in [1.82, 2.24) is 4.98 Å². The van der Waals surface area contributed by atoms with Crippen LogP contribution in [0.15, 0.2) is 41.7 Å². The zero-order valence-electron chi connectivity index (χ0n) is 14.5. The van der Waals surface area contributed by atoms with E-state index in [1.165, 1.54) is 0 Å². The summed E-state index contributed by atoms with van der Waals surface area (Å²) in [5.74, 6) is 0.619. The molecule has 1 fully saturated rings. The van der Waals surface area contributed by atoms with Crippen molar-refractivity contribution in [3.63, 3.8) is 0 Å². The summed E-state index contributed by atoms with van der Waals surface area (Å²) in [7, 11) is 0. The Balaban J connectivity index is 1.78. The molecule has 0 unspecified atom stereocenters. The highest BCUT2D eigenvalue weighted by atomic mass is 19.1. The Bertz CT molecular complexity index is 710. The molecule has 0 spiro atoms. The molecule has 0 bridgehead atoms. The van der Waals surface area contributed by atoms with Crippen LogP contribution in [0.25, 0.3) is 10.9 Å². The van der Waals surface area contributed by atoms with E-state index in [1.54, 1.807) is 12.4 Å². The molecule has 128 valence electrons. The van der Waals surface area contributed by atoms with E-state index in [9.17, 15) is 4.39 Å². The molecule has 0 amide bonds. The third kappa shape index (κ3) is 3.42. The second-order valence-electron chi connectivity index (χ2n) is 7.13. The number of pyridine rings is 1. The fourth-order valence-corrected chi connectivity index (χ4v) is 3.58. The number of hydrogen-bond acceptors (Lipinski definition) is 3. The number of aromatic nitrogens is 1. The van der Waals surface area contributed by atoms with Crippen LogP contribution in [0.3, 0.4) is 0 Å². The lowest BCUT2D eigenvalue weighted by molar-refractivity contribution is -0.0881. The number of benzene rings is 1. The number of alkyl halides is 1. The Kier molecular flexibility index (Phi) is 5.12. The second-order valence-corrected chi connectivity index (χ2v) is 7.13. The normalized spacial score (nSPS) is 27.9. The Hall–Kier alpha value is -1.97. The van der Waals surface area contributed by atoms with Crippen LogP contribution in [-0.2, 0) is 4.84 Å². The first kappa shape index (κ1) is 16.9. The van der Waals surface area contributed by atoms with Crippen molar-refractivity contribution in [2.24, 2.45) is 22.9 Å². The van der Waals surface area contributed by atoms with Crippen LogP contribution < -0.4 is 0 Å². The number of para-hydroxylation sites is 1. The molecule has 3 rings (SSSR count). The maximum Gasteiger partial charge on any atom is 0.161 e. The zero-order chi connectivity index (χ0) is 17.1. The predicted molar refractivity (Wildman–Crippen MR) is 95.8 cm³/mol. The van der Waals surface area contributed by atoms with Gasteiger partial charge in [0.05, 0.1) is 11.7 Å². The number of rotatable bonds is 4. The molecule has 1 heterocycles. The maximum atomic E-state index is 14.6. The first-order valence-electron chi connectivity index (χ1n) is 8.75. The largest absolute Gasteiger partial charge is 0.389 e. The number of hydrogen-bond donors (Lipinski definition) is 0. The van der Waals surface area contributed by atoms with Crippen molar-refractivity contribution in [2.75, 3.05) is 0 Å². The van der Waals surface area contributed by atoms with Crippen LogP contribution in [0.2, 0.25) is 0 Å². The molecule has 0 aliphatic heterocycles. The van der Waals surface area contributed by atoms with Gasteiger partial charge in [0.25, 0.3) is 0 Å². The summed E-state index contributed by atoms with van der Waals surface area (Å²) in [5.41, 5.74) is 1.76. The molecule has 2 aromatic rings. The first-order valence-corrected chi connectivity index (χ1v) is 8.75. The number of oxime groups is 1. The summed E-state index contributed by atoms with van der Waals surface area (Å²) in [6.45, 7) is 6.21. The van der Waals surface area contributed by atoms with Crippen LogP contribution in [0.1, 0.15) is 39.2 Å². The molecule has 0 radical (unpaired) electrons. The maximum absolute atomic E-state index is 14.6. The zero-order valence-corrected chi connectivity index (χ0v) is 14.5. The van der Waals surface area contributed by atoms with Gasteiger partial charge in [-0.2, -0.15) is 0 Å². The average Bonchev–Trinajstić information content (AvgIpc) is 2.58. The van der Waals surface area contributed by atoms with Gasteiger partial charge >= 0.3 is 0 Å². The minimum atomic E-state index is -0.964. The Labute approximate surface area is 142 Å². The summed E-state index contributed by atoms with van der Waals surface area (Å²) in [5, 5.41) is 5.18. The SMILES string of the molecule is CC(C)[C@@H]1CC[C@@H](C)[C@H](F)[C@@H]1O/N=C/c1cccc2cccnc12. The first-order chi connectivity index (χ1) is 11.6. The van der Waals surface area contributed by atoms with E-state index in [1.807, 2.05) is 37.3 Å². The van der Waals surface area contributed by atoms with Gasteiger partial charge in [0, 0.05) is 23.1 Å². The predicted octanol–water partition coefficient (Wildman–Crippen LogP) is 4.99. The molecule has 1 aliphatic carbocycles.